The molecule has 2 heteroatoms. The Hall–Kier alpha value is -0.0800. The fourth-order valence-corrected chi connectivity index (χ4v) is 3.94. The molecular formula is C16H31NO. The van der Waals surface area contributed by atoms with Crippen LogP contribution in [0.3, 0.4) is 0 Å². The predicted octanol–water partition coefficient (Wildman–Crippen LogP) is 4.40. The number of fused-ring (bicyclic) bond motifs is 1. The van der Waals surface area contributed by atoms with Crippen LogP contribution in [0.2, 0.25) is 0 Å². The number of unbranched alkanes of at least 4 members (excludes halogenated alkanes) is 1. The zero-order valence-electron chi connectivity index (χ0n) is 12.9. The Morgan fingerprint density at radius 1 is 1.28 bits per heavy atom. The van der Waals surface area contributed by atoms with E-state index in [-0.39, 0.29) is 5.60 Å². The molecule has 2 aliphatic rings. The third-order valence-electron chi connectivity index (χ3n) is 4.96. The summed E-state index contributed by atoms with van der Waals surface area (Å²) in [5.74, 6) is 1.68. The van der Waals surface area contributed by atoms with Gasteiger partial charge in [-0.1, -0.05) is 26.2 Å². The van der Waals surface area contributed by atoms with E-state index in [2.05, 4.69) is 39.7 Å². The summed E-state index contributed by atoms with van der Waals surface area (Å²) in [7, 11) is 0. The van der Waals surface area contributed by atoms with Crippen LogP contribution in [0.25, 0.3) is 0 Å². The second kappa shape index (κ2) is 5.50. The van der Waals surface area contributed by atoms with Crippen molar-refractivity contribution in [3.05, 3.63) is 0 Å². The molecule has 0 amide bonds. The lowest BCUT2D eigenvalue weighted by atomic mass is 9.70. The van der Waals surface area contributed by atoms with Gasteiger partial charge in [0.15, 0.2) is 0 Å². The normalized spacial score (nSPS) is 36.0. The third-order valence-corrected chi connectivity index (χ3v) is 4.96. The van der Waals surface area contributed by atoms with Crippen molar-refractivity contribution in [2.45, 2.75) is 90.8 Å². The molecule has 1 heterocycles. The summed E-state index contributed by atoms with van der Waals surface area (Å²) in [4.78, 5) is 6.24. The van der Waals surface area contributed by atoms with E-state index in [1.165, 1.54) is 38.5 Å². The van der Waals surface area contributed by atoms with E-state index in [0.717, 1.165) is 11.8 Å². The molecule has 3 atom stereocenters. The number of nitrogens with zero attached hydrogens (tertiary/aromatic N) is 1. The number of hydrogen-bond donors (Lipinski definition) is 0. The second-order valence-electron chi connectivity index (χ2n) is 7.14. The maximum Gasteiger partial charge on any atom is 0.0887 e. The second-order valence-corrected chi connectivity index (χ2v) is 7.14. The lowest BCUT2D eigenvalue weighted by Gasteiger charge is -2.36. The summed E-state index contributed by atoms with van der Waals surface area (Å²) in [5, 5.41) is 2.29. The minimum atomic E-state index is 0.0415. The van der Waals surface area contributed by atoms with Crippen molar-refractivity contribution in [2.75, 3.05) is 0 Å². The van der Waals surface area contributed by atoms with Crippen LogP contribution in [0.15, 0.2) is 0 Å². The van der Waals surface area contributed by atoms with Gasteiger partial charge in [0, 0.05) is 18.0 Å². The van der Waals surface area contributed by atoms with Crippen molar-refractivity contribution in [3.8, 4) is 0 Å². The monoisotopic (exact) mass is 253 g/mol. The van der Waals surface area contributed by atoms with E-state index < -0.39 is 0 Å². The third kappa shape index (κ3) is 2.75. The average molecular weight is 253 g/mol. The average Bonchev–Trinajstić information content (AvgIpc) is 2.59. The molecule has 1 aliphatic carbocycles. The van der Waals surface area contributed by atoms with Gasteiger partial charge in [-0.05, 0) is 52.9 Å². The SMILES string of the molecule is CCCCC1CCC2C(C1)C(C)(C)ON2C(C)C. The predicted molar refractivity (Wildman–Crippen MR) is 76.3 cm³/mol. The van der Waals surface area contributed by atoms with Crippen LogP contribution in [0.1, 0.15) is 73.1 Å². The fourth-order valence-electron chi connectivity index (χ4n) is 3.94. The first-order valence-corrected chi connectivity index (χ1v) is 7.93. The number of rotatable bonds is 4. The highest BCUT2D eigenvalue weighted by Crippen LogP contribution is 2.47. The molecule has 0 aromatic heterocycles. The van der Waals surface area contributed by atoms with E-state index in [9.17, 15) is 0 Å². The van der Waals surface area contributed by atoms with E-state index >= 15 is 0 Å². The molecule has 0 spiro atoms. The molecule has 0 N–H and O–H groups in total. The molecular weight excluding hydrogens is 222 g/mol. The highest BCUT2D eigenvalue weighted by molar-refractivity contribution is 4.98. The molecule has 0 radical (unpaired) electrons. The summed E-state index contributed by atoms with van der Waals surface area (Å²) < 4.78 is 0. The minimum absolute atomic E-state index is 0.0415. The summed E-state index contributed by atoms with van der Waals surface area (Å²) in [6.45, 7) is 11.4. The lowest BCUT2D eigenvalue weighted by Crippen LogP contribution is -2.41. The van der Waals surface area contributed by atoms with Gasteiger partial charge < -0.3 is 0 Å². The topological polar surface area (TPSA) is 12.5 Å². The van der Waals surface area contributed by atoms with E-state index in [1.54, 1.807) is 0 Å². The summed E-state index contributed by atoms with van der Waals surface area (Å²) in [5.41, 5.74) is 0.0415. The van der Waals surface area contributed by atoms with Gasteiger partial charge in [-0.25, -0.2) is 0 Å². The van der Waals surface area contributed by atoms with Crippen LogP contribution >= 0.6 is 0 Å². The van der Waals surface area contributed by atoms with Crippen LogP contribution in [0.5, 0.6) is 0 Å². The zero-order valence-corrected chi connectivity index (χ0v) is 12.9. The Morgan fingerprint density at radius 2 is 2.00 bits per heavy atom. The quantitative estimate of drug-likeness (QED) is 0.736. The molecule has 1 saturated heterocycles. The smallest absolute Gasteiger partial charge is 0.0887 e. The van der Waals surface area contributed by atoms with Gasteiger partial charge in [0.1, 0.15) is 0 Å². The number of hydroxylamine groups is 2. The van der Waals surface area contributed by atoms with Crippen molar-refractivity contribution >= 4 is 0 Å². The molecule has 3 unspecified atom stereocenters. The molecule has 1 aliphatic heterocycles. The van der Waals surface area contributed by atoms with Crippen molar-refractivity contribution in [3.63, 3.8) is 0 Å². The Kier molecular flexibility index (Phi) is 4.38. The van der Waals surface area contributed by atoms with Crippen molar-refractivity contribution in [2.24, 2.45) is 11.8 Å². The minimum Gasteiger partial charge on any atom is -0.292 e. The molecule has 2 fully saturated rings. The first-order chi connectivity index (χ1) is 8.45. The first kappa shape index (κ1) is 14.3. The van der Waals surface area contributed by atoms with Gasteiger partial charge in [-0.2, -0.15) is 5.06 Å². The molecule has 1 saturated carbocycles. The van der Waals surface area contributed by atoms with Crippen LogP contribution in [-0.4, -0.2) is 22.7 Å². The van der Waals surface area contributed by atoms with Crippen LogP contribution in [0, 0.1) is 11.8 Å². The van der Waals surface area contributed by atoms with Gasteiger partial charge >= 0.3 is 0 Å². The Balaban J connectivity index is 2.02. The van der Waals surface area contributed by atoms with Crippen molar-refractivity contribution in [1.82, 2.24) is 5.06 Å². The molecule has 0 aromatic rings. The Morgan fingerprint density at radius 3 is 2.61 bits per heavy atom. The van der Waals surface area contributed by atoms with Gasteiger partial charge in [-0.15, -0.1) is 0 Å². The van der Waals surface area contributed by atoms with Gasteiger partial charge in [0.2, 0.25) is 0 Å². The van der Waals surface area contributed by atoms with Crippen LogP contribution < -0.4 is 0 Å². The van der Waals surface area contributed by atoms with Crippen molar-refractivity contribution < 1.29 is 4.84 Å². The van der Waals surface area contributed by atoms with Gasteiger partial charge in [0.05, 0.1) is 5.60 Å². The summed E-state index contributed by atoms with van der Waals surface area (Å²) in [6, 6.07) is 1.17. The van der Waals surface area contributed by atoms with E-state index in [1.807, 2.05) is 0 Å². The zero-order chi connectivity index (χ0) is 13.3. The Labute approximate surface area is 113 Å². The maximum atomic E-state index is 6.24. The molecule has 106 valence electrons. The van der Waals surface area contributed by atoms with Gasteiger partial charge in [0.25, 0.3) is 0 Å². The molecule has 18 heavy (non-hydrogen) atoms. The largest absolute Gasteiger partial charge is 0.292 e. The number of hydrogen-bond acceptors (Lipinski definition) is 2. The van der Waals surface area contributed by atoms with Crippen molar-refractivity contribution in [1.29, 1.82) is 0 Å². The fraction of sp³-hybridized carbons (Fsp3) is 1.00. The summed E-state index contributed by atoms with van der Waals surface area (Å²) in [6.07, 6.45) is 8.28. The standard InChI is InChI=1S/C16H31NO/c1-6-7-8-13-9-10-15-14(11-13)16(4,5)18-17(15)12(2)3/h12-15H,6-11H2,1-5H3. The summed E-state index contributed by atoms with van der Waals surface area (Å²) >= 11 is 0. The molecule has 2 rings (SSSR count). The Bertz CT molecular complexity index is 274. The van der Waals surface area contributed by atoms with E-state index in [4.69, 9.17) is 4.84 Å². The maximum absolute atomic E-state index is 6.24. The molecule has 2 nitrogen and oxygen atoms in total. The van der Waals surface area contributed by atoms with Crippen LogP contribution in [-0.2, 0) is 4.84 Å². The molecule has 0 aromatic carbocycles. The van der Waals surface area contributed by atoms with Crippen LogP contribution in [0.4, 0.5) is 0 Å². The highest BCUT2D eigenvalue weighted by Gasteiger charge is 2.51. The first-order valence-electron chi connectivity index (χ1n) is 7.93. The lowest BCUT2D eigenvalue weighted by molar-refractivity contribution is -0.211. The van der Waals surface area contributed by atoms with E-state index in [0.29, 0.717) is 12.1 Å². The van der Waals surface area contributed by atoms with Gasteiger partial charge in [-0.3, -0.25) is 4.84 Å². The molecule has 0 bridgehead atoms. The highest BCUT2D eigenvalue weighted by atomic mass is 16.7.